The summed E-state index contributed by atoms with van der Waals surface area (Å²) >= 11 is 1.40. The third kappa shape index (κ3) is 4.93. The fraction of sp³-hybridized carbons (Fsp3) is 0.308. The van der Waals surface area contributed by atoms with E-state index in [-0.39, 0.29) is 5.91 Å². The second-order valence-corrected chi connectivity index (χ2v) is 9.37. The first-order valence-corrected chi connectivity index (χ1v) is 12.2. The van der Waals surface area contributed by atoms with Crippen LogP contribution in [0, 0.1) is 0 Å². The molecule has 5 rings (SSSR count). The highest BCUT2D eigenvalue weighted by atomic mass is 32.2. The molecular formula is C26H27N3O3S. The normalized spacial score (nSPS) is 19.7. The topological polar surface area (TPSA) is 60.0 Å². The summed E-state index contributed by atoms with van der Waals surface area (Å²) in [6, 6.07) is 13.8. The molecule has 1 amide bonds. The number of ether oxygens (including phenoxy) is 1. The van der Waals surface area contributed by atoms with Crippen molar-refractivity contribution in [1.29, 1.82) is 0 Å². The Bertz CT molecular complexity index is 1160. The van der Waals surface area contributed by atoms with Crippen molar-refractivity contribution < 1.29 is 13.9 Å². The van der Waals surface area contributed by atoms with Crippen LogP contribution < -0.4 is 4.74 Å². The van der Waals surface area contributed by atoms with Crippen molar-refractivity contribution in [2.24, 2.45) is 4.99 Å². The van der Waals surface area contributed by atoms with Gasteiger partial charge >= 0.3 is 0 Å². The molecule has 3 aromatic rings. The number of furan rings is 1. The summed E-state index contributed by atoms with van der Waals surface area (Å²) in [5, 5.41) is 0.638. The smallest absolute Gasteiger partial charge is 0.267 e. The van der Waals surface area contributed by atoms with Crippen LogP contribution in [0.2, 0.25) is 0 Å². The van der Waals surface area contributed by atoms with E-state index in [0.717, 1.165) is 22.8 Å². The number of rotatable bonds is 6. The van der Waals surface area contributed by atoms with Crippen molar-refractivity contribution in [3.05, 3.63) is 77.4 Å². The Morgan fingerprint density at radius 2 is 1.97 bits per heavy atom. The molecule has 2 fully saturated rings. The maximum atomic E-state index is 13.3. The molecule has 1 aromatic carbocycles. The van der Waals surface area contributed by atoms with E-state index in [1.807, 2.05) is 42.5 Å². The minimum Gasteiger partial charge on any atom is -0.497 e. The zero-order valence-electron chi connectivity index (χ0n) is 18.6. The number of amidine groups is 1. The number of hydrogen-bond donors (Lipinski definition) is 0. The molecule has 170 valence electrons. The highest BCUT2D eigenvalue weighted by molar-refractivity contribution is 8.18. The zero-order chi connectivity index (χ0) is 22.6. The third-order valence-corrected chi connectivity index (χ3v) is 7.12. The van der Waals surface area contributed by atoms with E-state index >= 15 is 0 Å². The van der Waals surface area contributed by atoms with Crippen LogP contribution in [0.3, 0.4) is 0 Å². The summed E-state index contributed by atoms with van der Waals surface area (Å²) in [5.41, 5.74) is 1.81. The number of hydrogen-bond acceptors (Lipinski definition) is 5. The molecule has 2 aromatic heterocycles. The SMILES string of the molecule is COc1ccc(N=C2S/C(=C/c3ccn(C4CCCCC4)c3)C(=O)N2Cc2ccco2)cc1. The molecule has 1 saturated carbocycles. The van der Waals surface area contributed by atoms with Crippen LogP contribution in [-0.4, -0.2) is 27.7 Å². The Morgan fingerprint density at radius 3 is 2.70 bits per heavy atom. The van der Waals surface area contributed by atoms with Crippen LogP contribution >= 0.6 is 11.8 Å². The quantitative estimate of drug-likeness (QED) is 0.399. The maximum Gasteiger partial charge on any atom is 0.267 e. The number of methoxy groups -OCH3 is 1. The first-order chi connectivity index (χ1) is 16.2. The molecule has 0 atom stereocenters. The van der Waals surface area contributed by atoms with Gasteiger partial charge in [0.15, 0.2) is 5.17 Å². The number of thioether (sulfide) groups is 1. The largest absolute Gasteiger partial charge is 0.497 e. The molecular weight excluding hydrogens is 434 g/mol. The molecule has 0 spiro atoms. The second kappa shape index (κ2) is 9.75. The van der Waals surface area contributed by atoms with E-state index in [1.54, 1.807) is 18.3 Å². The number of carbonyl (C=O) groups is 1. The molecule has 1 saturated heterocycles. The number of aliphatic imine (C=N–C) groups is 1. The molecule has 1 aliphatic heterocycles. The van der Waals surface area contributed by atoms with E-state index in [0.29, 0.717) is 22.7 Å². The third-order valence-electron chi connectivity index (χ3n) is 6.11. The van der Waals surface area contributed by atoms with Gasteiger partial charge in [0.05, 0.1) is 30.5 Å². The molecule has 7 heteroatoms. The van der Waals surface area contributed by atoms with Crippen molar-refractivity contribution in [2.45, 2.75) is 44.7 Å². The van der Waals surface area contributed by atoms with E-state index in [2.05, 4.69) is 23.0 Å². The van der Waals surface area contributed by atoms with Gasteiger partial charge in [0.25, 0.3) is 5.91 Å². The second-order valence-electron chi connectivity index (χ2n) is 8.36. The number of benzene rings is 1. The van der Waals surface area contributed by atoms with Crippen molar-refractivity contribution in [1.82, 2.24) is 9.47 Å². The molecule has 0 N–H and O–H groups in total. The van der Waals surface area contributed by atoms with Crippen molar-refractivity contribution in [3.8, 4) is 5.75 Å². The lowest BCUT2D eigenvalue weighted by Crippen LogP contribution is -2.28. The molecule has 0 unspecified atom stereocenters. The minimum absolute atomic E-state index is 0.0610. The Labute approximate surface area is 197 Å². The highest BCUT2D eigenvalue weighted by Crippen LogP contribution is 2.36. The Morgan fingerprint density at radius 1 is 1.15 bits per heavy atom. The summed E-state index contributed by atoms with van der Waals surface area (Å²) in [6.07, 6.45) is 14.3. The maximum absolute atomic E-state index is 13.3. The molecule has 33 heavy (non-hydrogen) atoms. The molecule has 1 aliphatic carbocycles. The van der Waals surface area contributed by atoms with Gasteiger partial charge in [0.2, 0.25) is 0 Å². The van der Waals surface area contributed by atoms with E-state index < -0.39 is 0 Å². The van der Waals surface area contributed by atoms with Gasteiger partial charge in [-0.2, -0.15) is 0 Å². The monoisotopic (exact) mass is 461 g/mol. The lowest BCUT2D eigenvalue weighted by molar-refractivity contribution is -0.122. The Balaban J connectivity index is 1.41. The molecule has 2 aliphatic rings. The average molecular weight is 462 g/mol. The lowest BCUT2D eigenvalue weighted by Gasteiger charge is -2.23. The van der Waals surface area contributed by atoms with Crippen LogP contribution in [0.1, 0.15) is 49.5 Å². The van der Waals surface area contributed by atoms with Gasteiger partial charge in [0, 0.05) is 18.4 Å². The van der Waals surface area contributed by atoms with Crippen LogP contribution in [0.15, 0.2) is 75.4 Å². The number of aromatic nitrogens is 1. The van der Waals surface area contributed by atoms with Gasteiger partial charge in [-0.05, 0) is 78.7 Å². The van der Waals surface area contributed by atoms with Gasteiger partial charge in [-0.3, -0.25) is 9.69 Å². The zero-order valence-corrected chi connectivity index (χ0v) is 19.5. The van der Waals surface area contributed by atoms with Gasteiger partial charge < -0.3 is 13.7 Å². The van der Waals surface area contributed by atoms with Crippen LogP contribution in [-0.2, 0) is 11.3 Å². The predicted octanol–water partition coefficient (Wildman–Crippen LogP) is 6.40. The summed E-state index contributed by atoms with van der Waals surface area (Å²) < 4.78 is 13.0. The number of nitrogens with zero attached hydrogens (tertiary/aromatic N) is 3. The average Bonchev–Trinajstić information content (AvgIpc) is 3.59. The van der Waals surface area contributed by atoms with E-state index in [9.17, 15) is 4.79 Å². The van der Waals surface area contributed by atoms with Gasteiger partial charge in [-0.1, -0.05) is 19.3 Å². The van der Waals surface area contributed by atoms with Gasteiger partial charge in [0.1, 0.15) is 11.5 Å². The number of amides is 1. The van der Waals surface area contributed by atoms with Crippen molar-refractivity contribution in [2.75, 3.05) is 7.11 Å². The van der Waals surface area contributed by atoms with Gasteiger partial charge in [-0.15, -0.1) is 0 Å². The molecule has 0 bridgehead atoms. The van der Waals surface area contributed by atoms with Gasteiger partial charge in [-0.25, -0.2) is 4.99 Å². The lowest BCUT2D eigenvalue weighted by atomic mass is 9.95. The fourth-order valence-corrected chi connectivity index (χ4v) is 5.33. The van der Waals surface area contributed by atoms with E-state index in [4.69, 9.17) is 14.1 Å². The summed E-state index contributed by atoms with van der Waals surface area (Å²) in [7, 11) is 1.64. The first-order valence-electron chi connectivity index (χ1n) is 11.3. The first kappa shape index (κ1) is 21.6. The summed E-state index contributed by atoms with van der Waals surface area (Å²) in [6.45, 7) is 0.342. The minimum atomic E-state index is -0.0610. The van der Waals surface area contributed by atoms with Crippen LogP contribution in [0.4, 0.5) is 5.69 Å². The summed E-state index contributed by atoms with van der Waals surface area (Å²) in [4.78, 5) is 20.4. The predicted molar refractivity (Wildman–Crippen MR) is 131 cm³/mol. The molecule has 0 radical (unpaired) electrons. The standard InChI is InChI=1S/C26H27N3O3S/c1-31-22-11-9-20(10-12-22)27-26-29(18-23-8-5-15-32-23)25(30)24(33-26)16-19-13-14-28(17-19)21-6-3-2-4-7-21/h5,8-17,21H,2-4,6-7,18H2,1H3/b24-16+,27-26?. The van der Waals surface area contributed by atoms with Crippen LogP contribution in [0.25, 0.3) is 6.08 Å². The van der Waals surface area contributed by atoms with Crippen LogP contribution in [0.5, 0.6) is 5.75 Å². The summed E-state index contributed by atoms with van der Waals surface area (Å²) in [5.74, 6) is 1.43. The highest BCUT2D eigenvalue weighted by Gasteiger charge is 2.34. The molecule has 3 heterocycles. The number of carbonyl (C=O) groups excluding carboxylic acids is 1. The Hall–Kier alpha value is -3.19. The van der Waals surface area contributed by atoms with Crippen molar-refractivity contribution >= 4 is 34.6 Å². The fourth-order valence-electron chi connectivity index (χ4n) is 4.33. The van der Waals surface area contributed by atoms with Crippen molar-refractivity contribution in [3.63, 3.8) is 0 Å². The van der Waals surface area contributed by atoms with E-state index in [1.165, 1.54) is 43.9 Å². The Kier molecular flexibility index (Phi) is 6.39. The molecule has 6 nitrogen and oxygen atoms in total.